The maximum absolute atomic E-state index is 9.51. The van der Waals surface area contributed by atoms with E-state index in [1.165, 1.54) is 5.56 Å². The van der Waals surface area contributed by atoms with Gasteiger partial charge in [-0.25, -0.2) is 4.68 Å². The Kier molecular flexibility index (Phi) is 2.37. The molecule has 3 rings (SSSR count). The molecule has 1 aliphatic rings. The van der Waals surface area contributed by atoms with Crippen LogP contribution in [0.5, 0.6) is 5.75 Å². The van der Waals surface area contributed by atoms with E-state index in [0.29, 0.717) is 6.61 Å². The average molecular weight is 230 g/mol. The lowest BCUT2D eigenvalue weighted by molar-refractivity contribution is 0.106. The quantitative estimate of drug-likeness (QED) is 0.814. The van der Waals surface area contributed by atoms with Crippen molar-refractivity contribution in [1.29, 1.82) is 0 Å². The first kappa shape index (κ1) is 10.4. The first-order chi connectivity index (χ1) is 8.25. The van der Waals surface area contributed by atoms with Crippen LogP contribution in [0.1, 0.15) is 17.0 Å². The second-order valence-corrected chi connectivity index (χ2v) is 4.24. The van der Waals surface area contributed by atoms with Gasteiger partial charge in [-0.3, -0.25) is 0 Å². The van der Waals surface area contributed by atoms with E-state index in [-0.39, 0.29) is 5.75 Å². The van der Waals surface area contributed by atoms with Crippen LogP contribution in [0.2, 0.25) is 0 Å². The van der Waals surface area contributed by atoms with Gasteiger partial charge in [-0.2, -0.15) is 5.10 Å². The van der Waals surface area contributed by atoms with Crippen molar-refractivity contribution in [2.45, 2.75) is 20.0 Å². The van der Waals surface area contributed by atoms with E-state index in [2.05, 4.69) is 5.10 Å². The van der Waals surface area contributed by atoms with Gasteiger partial charge in [-0.15, -0.1) is 0 Å². The minimum absolute atomic E-state index is 0.251. The molecule has 0 bridgehead atoms. The van der Waals surface area contributed by atoms with Crippen LogP contribution in [0.15, 0.2) is 24.3 Å². The molecule has 0 fully saturated rings. The Morgan fingerprint density at radius 1 is 1.41 bits per heavy atom. The number of nitrogens with zero attached hydrogens (tertiary/aromatic N) is 2. The van der Waals surface area contributed by atoms with Crippen molar-refractivity contribution in [3.8, 4) is 11.4 Å². The number of benzene rings is 1. The molecule has 2 aromatic rings. The van der Waals surface area contributed by atoms with Crippen molar-refractivity contribution in [3.63, 3.8) is 0 Å². The minimum atomic E-state index is 0.251. The molecule has 0 saturated carbocycles. The molecule has 4 heteroatoms. The molecule has 1 N–H and O–H groups in total. The zero-order valence-corrected chi connectivity index (χ0v) is 9.68. The predicted molar refractivity (Wildman–Crippen MR) is 63.3 cm³/mol. The van der Waals surface area contributed by atoms with Gasteiger partial charge in [0.1, 0.15) is 5.75 Å². The number of phenolic OH excluding ortho intramolecular Hbond substituents is 1. The molecule has 1 aliphatic heterocycles. The summed E-state index contributed by atoms with van der Waals surface area (Å²) in [6, 6.07) is 7.11. The molecule has 4 nitrogen and oxygen atoms in total. The third-order valence-corrected chi connectivity index (χ3v) is 3.10. The van der Waals surface area contributed by atoms with Gasteiger partial charge in [-0.1, -0.05) is 6.07 Å². The van der Waals surface area contributed by atoms with Gasteiger partial charge < -0.3 is 9.84 Å². The van der Waals surface area contributed by atoms with Crippen LogP contribution in [0.3, 0.4) is 0 Å². The summed E-state index contributed by atoms with van der Waals surface area (Å²) in [6.45, 7) is 3.37. The third-order valence-electron chi connectivity index (χ3n) is 3.10. The van der Waals surface area contributed by atoms with Crippen molar-refractivity contribution < 1.29 is 9.84 Å². The Morgan fingerprint density at radius 2 is 2.29 bits per heavy atom. The maximum atomic E-state index is 9.51. The van der Waals surface area contributed by atoms with Gasteiger partial charge in [-0.05, 0) is 25.5 Å². The van der Waals surface area contributed by atoms with Crippen molar-refractivity contribution in [2.24, 2.45) is 0 Å². The Balaban J connectivity index is 2.15. The number of aryl methyl sites for hydroxylation is 1. The Labute approximate surface area is 99.5 Å². The van der Waals surface area contributed by atoms with Crippen molar-refractivity contribution >= 4 is 0 Å². The van der Waals surface area contributed by atoms with Crippen LogP contribution >= 0.6 is 0 Å². The molecule has 0 saturated heterocycles. The summed E-state index contributed by atoms with van der Waals surface area (Å²) in [5.74, 6) is 0.251. The smallest absolute Gasteiger partial charge is 0.117 e. The second kappa shape index (κ2) is 3.89. The Bertz CT molecular complexity index is 561. The highest BCUT2D eigenvalue weighted by Gasteiger charge is 2.19. The van der Waals surface area contributed by atoms with E-state index < -0.39 is 0 Å². The Morgan fingerprint density at radius 3 is 3.12 bits per heavy atom. The molecule has 17 heavy (non-hydrogen) atoms. The van der Waals surface area contributed by atoms with Gasteiger partial charge >= 0.3 is 0 Å². The minimum Gasteiger partial charge on any atom is -0.508 e. The number of fused-ring (bicyclic) bond motifs is 1. The van der Waals surface area contributed by atoms with Gasteiger partial charge in [0.15, 0.2) is 0 Å². The summed E-state index contributed by atoms with van der Waals surface area (Å²) in [5, 5.41) is 14.0. The van der Waals surface area contributed by atoms with E-state index in [1.807, 2.05) is 23.7 Å². The molecule has 0 aliphatic carbocycles. The van der Waals surface area contributed by atoms with Crippen LogP contribution in [0.25, 0.3) is 5.69 Å². The molecule has 0 unspecified atom stereocenters. The highest BCUT2D eigenvalue weighted by Crippen LogP contribution is 2.24. The second-order valence-electron chi connectivity index (χ2n) is 4.24. The van der Waals surface area contributed by atoms with Crippen molar-refractivity contribution in [3.05, 3.63) is 41.2 Å². The van der Waals surface area contributed by atoms with Gasteiger partial charge in [0.2, 0.25) is 0 Å². The molecule has 0 amide bonds. The van der Waals surface area contributed by atoms with Crippen molar-refractivity contribution in [2.75, 3.05) is 6.61 Å². The van der Waals surface area contributed by atoms with Gasteiger partial charge in [0, 0.05) is 11.6 Å². The fourth-order valence-corrected chi connectivity index (χ4v) is 2.26. The highest BCUT2D eigenvalue weighted by molar-refractivity contribution is 5.42. The van der Waals surface area contributed by atoms with E-state index in [1.54, 1.807) is 12.1 Å². The first-order valence-electron chi connectivity index (χ1n) is 5.70. The summed E-state index contributed by atoms with van der Waals surface area (Å²) >= 11 is 0. The third kappa shape index (κ3) is 1.70. The zero-order chi connectivity index (χ0) is 11.8. The normalized spacial score (nSPS) is 14.6. The van der Waals surface area contributed by atoms with E-state index in [0.717, 1.165) is 30.1 Å². The summed E-state index contributed by atoms with van der Waals surface area (Å²) < 4.78 is 7.34. The fourth-order valence-electron chi connectivity index (χ4n) is 2.26. The maximum Gasteiger partial charge on any atom is 0.117 e. The van der Waals surface area contributed by atoms with Gasteiger partial charge in [0.05, 0.1) is 30.3 Å². The van der Waals surface area contributed by atoms with Gasteiger partial charge in [0.25, 0.3) is 0 Å². The molecule has 1 aromatic heterocycles. The molecular weight excluding hydrogens is 216 g/mol. The summed E-state index contributed by atoms with van der Waals surface area (Å²) in [4.78, 5) is 0. The largest absolute Gasteiger partial charge is 0.508 e. The van der Waals surface area contributed by atoms with Crippen LogP contribution < -0.4 is 0 Å². The van der Waals surface area contributed by atoms with E-state index >= 15 is 0 Å². The van der Waals surface area contributed by atoms with E-state index in [9.17, 15) is 5.11 Å². The SMILES string of the molecule is Cc1nn(-c2cccc(O)c2)c2c1CCOC2. The van der Waals surface area contributed by atoms with Crippen LogP contribution in [0.4, 0.5) is 0 Å². The lowest BCUT2D eigenvalue weighted by Gasteiger charge is -2.14. The molecule has 0 radical (unpaired) electrons. The fraction of sp³-hybridized carbons (Fsp3) is 0.308. The standard InChI is InChI=1S/C13H14N2O2/c1-9-12-5-6-17-8-13(12)15(14-9)10-3-2-4-11(16)7-10/h2-4,7,16H,5-6,8H2,1H3. The van der Waals surface area contributed by atoms with Crippen molar-refractivity contribution in [1.82, 2.24) is 9.78 Å². The van der Waals surface area contributed by atoms with Crippen LogP contribution in [-0.4, -0.2) is 21.5 Å². The van der Waals surface area contributed by atoms with Crippen LogP contribution in [0, 0.1) is 6.92 Å². The monoisotopic (exact) mass is 230 g/mol. The molecule has 1 aromatic carbocycles. The number of aromatic hydroxyl groups is 1. The molecule has 2 heterocycles. The molecular formula is C13H14N2O2. The summed E-state index contributed by atoms with van der Waals surface area (Å²) in [7, 11) is 0. The summed E-state index contributed by atoms with van der Waals surface area (Å²) in [5.41, 5.74) is 4.30. The summed E-state index contributed by atoms with van der Waals surface area (Å²) in [6.07, 6.45) is 0.917. The average Bonchev–Trinajstić information content (AvgIpc) is 2.68. The number of hydrogen-bond acceptors (Lipinski definition) is 3. The molecule has 0 atom stereocenters. The lowest BCUT2D eigenvalue weighted by atomic mass is 10.1. The molecule has 0 spiro atoms. The molecule has 88 valence electrons. The lowest BCUT2D eigenvalue weighted by Crippen LogP contribution is -2.12. The number of rotatable bonds is 1. The van der Waals surface area contributed by atoms with Crippen LogP contribution in [-0.2, 0) is 17.8 Å². The number of hydrogen-bond donors (Lipinski definition) is 1. The highest BCUT2D eigenvalue weighted by atomic mass is 16.5. The zero-order valence-electron chi connectivity index (χ0n) is 9.68. The Hall–Kier alpha value is -1.81. The first-order valence-corrected chi connectivity index (χ1v) is 5.70. The number of aromatic nitrogens is 2. The number of phenols is 1. The number of ether oxygens (including phenoxy) is 1. The van der Waals surface area contributed by atoms with E-state index in [4.69, 9.17) is 4.74 Å². The topological polar surface area (TPSA) is 47.3 Å². The predicted octanol–water partition coefficient (Wildman–Crippen LogP) is 1.96.